The van der Waals surface area contributed by atoms with Crippen LogP contribution in [0, 0.1) is 10.1 Å². The first-order chi connectivity index (χ1) is 10.0. The van der Waals surface area contributed by atoms with Gasteiger partial charge in [-0.3, -0.25) is 10.1 Å². The van der Waals surface area contributed by atoms with Crippen LogP contribution < -0.4 is 5.32 Å². The largest absolute Gasteiger partial charge is 0.329 e. The molecule has 1 N–H and O–H groups in total. The van der Waals surface area contributed by atoms with Gasteiger partial charge in [0, 0.05) is 12.1 Å². The van der Waals surface area contributed by atoms with E-state index in [0.717, 1.165) is 4.70 Å². The Morgan fingerprint density at radius 2 is 1.90 bits per heavy atom. The van der Waals surface area contributed by atoms with Crippen molar-refractivity contribution in [2.24, 2.45) is 0 Å². The van der Waals surface area contributed by atoms with E-state index in [4.69, 9.17) is 23.2 Å². The summed E-state index contributed by atoms with van der Waals surface area (Å²) in [7, 11) is 0. The van der Waals surface area contributed by atoms with Gasteiger partial charge in [0.2, 0.25) is 0 Å². The minimum atomic E-state index is -0.433. The summed E-state index contributed by atoms with van der Waals surface area (Å²) >= 11 is 13.5. The molecule has 8 heteroatoms. The highest BCUT2D eigenvalue weighted by Gasteiger charge is 2.12. The first-order valence-electron chi connectivity index (χ1n) is 5.80. The summed E-state index contributed by atoms with van der Waals surface area (Å²) in [6.45, 7) is 0. The van der Waals surface area contributed by atoms with Gasteiger partial charge in [-0.2, -0.15) is 0 Å². The average Bonchev–Trinajstić information content (AvgIpc) is 2.84. The fourth-order valence-corrected chi connectivity index (χ4v) is 3.20. The molecule has 3 rings (SSSR count). The lowest BCUT2D eigenvalue weighted by atomic mass is 10.3. The number of anilines is 2. The van der Waals surface area contributed by atoms with Crippen molar-refractivity contribution in [1.82, 2.24) is 4.98 Å². The van der Waals surface area contributed by atoms with Crippen molar-refractivity contribution in [3.05, 3.63) is 56.6 Å². The minimum Gasteiger partial charge on any atom is -0.329 e. The summed E-state index contributed by atoms with van der Waals surface area (Å²) in [6, 6.07) is 9.71. The average molecular weight is 340 g/mol. The molecule has 0 atom stereocenters. The molecule has 0 amide bonds. The Labute approximate surface area is 133 Å². The van der Waals surface area contributed by atoms with Crippen molar-refractivity contribution in [1.29, 1.82) is 0 Å². The zero-order valence-electron chi connectivity index (χ0n) is 10.3. The number of hydrogen-bond acceptors (Lipinski definition) is 5. The summed E-state index contributed by atoms with van der Waals surface area (Å²) in [5, 5.41) is 15.4. The molecule has 0 bridgehead atoms. The van der Waals surface area contributed by atoms with Crippen LogP contribution in [0.15, 0.2) is 36.4 Å². The molecule has 0 spiro atoms. The van der Waals surface area contributed by atoms with E-state index in [1.165, 1.54) is 23.5 Å². The lowest BCUT2D eigenvalue weighted by molar-refractivity contribution is -0.384. The molecule has 0 aliphatic rings. The molecule has 1 aromatic heterocycles. The quantitative estimate of drug-likeness (QED) is 0.522. The van der Waals surface area contributed by atoms with Crippen molar-refractivity contribution >= 4 is 61.3 Å². The van der Waals surface area contributed by atoms with Gasteiger partial charge in [-0.1, -0.05) is 40.6 Å². The van der Waals surface area contributed by atoms with E-state index in [1.807, 2.05) is 0 Å². The first kappa shape index (κ1) is 14.1. The fourth-order valence-electron chi connectivity index (χ4n) is 1.80. The number of benzene rings is 2. The first-order valence-corrected chi connectivity index (χ1v) is 7.38. The third kappa shape index (κ3) is 2.78. The lowest BCUT2D eigenvalue weighted by Crippen LogP contribution is -1.91. The Balaban J connectivity index is 2.00. The normalized spacial score (nSPS) is 10.8. The molecule has 1 heterocycles. The highest BCUT2D eigenvalue weighted by atomic mass is 35.5. The Bertz CT molecular complexity index is 830. The number of aromatic nitrogens is 1. The van der Waals surface area contributed by atoms with Crippen LogP contribution in [0.4, 0.5) is 16.5 Å². The number of rotatable bonds is 3. The Morgan fingerprint density at radius 3 is 2.57 bits per heavy atom. The van der Waals surface area contributed by atoms with Gasteiger partial charge < -0.3 is 5.32 Å². The number of thiazole rings is 1. The maximum atomic E-state index is 10.8. The van der Waals surface area contributed by atoms with Crippen LogP contribution >= 0.6 is 34.5 Å². The van der Waals surface area contributed by atoms with Crippen LogP contribution in [0.2, 0.25) is 10.0 Å². The second-order valence-electron chi connectivity index (χ2n) is 4.15. The van der Waals surface area contributed by atoms with E-state index in [1.54, 1.807) is 24.3 Å². The number of halogens is 2. The minimum absolute atomic E-state index is 0.0356. The van der Waals surface area contributed by atoms with Gasteiger partial charge in [-0.15, -0.1) is 0 Å². The third-order valence-corrected chi connectivity index (χ3v) is 4.34. The lowest BCUT2D eigenvalue weighted by Gasteiger charge is -2.06. The molecule has 0 radical (unpaired) electrons. The molecular formula is C13H7Cl2N3O2S. The number of fused-ring (bicyclic) bond motifs is 1. The van der Waals surface area contributed by atoms with Crippen molar-refractivity contribution in [3.63, 3.8) is 0 Å². The van der Waals surface area contributed by atoms with Crippen LogP contribution in [-0.2, 0) is 0 Å². The Hall–Kier alpha value is -1.89. The van der Waals surface area contributed by atoms with Gasteiger partial charge in [0.25, 0.3) is 5.69 Å². The SMILES string of the molecule is O=[N+]([O-])c1ccc2nc(Nc3c(Cl)cccc3Cl)sc2c1. The topological polar surface area (TPSA) is 68.1 Å². The fraction of sp³-hybridized carbons (Fsp3) is 0. The van der Waals surface area contributed by atoms with Gasteiger partial charge in [-0.25, -0.2) is 4.98 Å². The summed E-state index contributed by atoms with van der Waals surface area (Å²) in [4.78, 5) is 14.7. The van der Waals surface area contributed by atoms with E-state index in [9.17, 15) is 10.1 Å². The molecule has 0 aliphatic heterocycles. The second kappa shape index (κ2) is 5.48. The van der Waals surface area contributed by atoms with Gasteiger partial charge >= 0.3 is 0 Å². The molecule has 0 saturated carbocycles. The molecular weight excluding hydrogens is 333 g/mol. The van der Waals surface area contributed by atoms with E-state index in [2.05, 4.69) is 10.3 Å². The number of para-hydroxylation sites is 1. The molecule has 0 saturated heterocycles. The van der Waals surface area contributed by atoms with Crippen LogP contribution in [0.25, 0.3) is 10.2 Å². The number of nitro benzene ring substituents is 1. The van der Waals surface area contributed by atoms with Crippen molar-refractivity contribution in [3.8, 4) is 0 Å². The molecule has 3 aromatic rings. The summed E-state index contributed by atoms with van der Waals surface area (Å²) < 4.78 is 0.717. The monoisotopic (exact) mass is 339 g/mol. The molecule has 21 heavy (non-hydrogen) atoms. The number of nitro groups is 1. The second-order valence-corrected chi connectivity index (χ2v) is 5.99. The van der Waals surface area contributed by atoms with E-state index >= 15 is 0 Å². The predicted octanol–water partition coefficient (Wildman–Crippen LogP) is 5.25. The molecule has 0 fully saturated rings. The van der Waals surface area contributed by atoms with E-state index in [-0.39, 0.29) is 5.69 Å². The van der Waals surface area contributed by atoms with Gasteiger partial charge in [0.05, 0.1) is 30.9 Å². The van der Waals surface area contributed by atoms with Crippen molar-refractivity contribution < 1.29 is 4.92 Å². The van der Waals surface area contributed by atoms with Crippen LogP contribution in [0.5, 0.6) is 0 Å². The maximum absolute atomic E-state index is 10.8. The Kier molecular flexibility index (Phi) is 3.67. The number of nitrogens with one attached hydrogen (secondary N) is 1. The van der Waals surface area contributed by atoms with Crippen molar-refractivity contribution in [2.45, 2.75) is 0 Å². The molecule has 0 aliphatic carbocycles. The highest BCUT2D eigenvalue weighted by Crippen LogP contribution is 2.36. The van der Waals surface area contributed by atoms with Crippen molar-refractivity contribution in [2.75, 3.05) is 5.32 Å². The highest BCUT2D eigenvalue weighted by molar-refractivity contribution is 7.22. The van der Waals surface area contributed by atoms with Gasteiger partial charge in [0.15, 0.2) is 5.13 Å². The Morgan fingerprint density at radius 1 is 1.19 bits per heavy atom. The smallest absolute Gasteiger partial charge is 0.270 e. The molecule has 2 aromatic carbocycles. The molecule has 106 valence electrons. The van der Waals surface area contributed by atoms with Crippen LogP contribution in [0.3, 0.4) is 0 Å². The standard InChI is InChI=1S/C13H7Cl2N3O2S/c14-8-2-1-3-9(15)12(8)17-13-16-10-5-4-7(18(19)20)6-11(10)21-13/h1-6H,(H,16,17). The van der Waals surface area contributed by atoms with Crippen LogP contribution in [-0.4, -0.2) is 9.91 Å². The summed E-state index contributed by atoms with van der Waals surface area (Å²) in [6.07, 6.45) is 0. The molecule has 0 unspecified atom stereocenters. The summed E-state index contributed by atoms with van der Waals surface area (Å²) in [5.41, 5.74) is 1.28. The molecule has 5 nitrogen and oxygen atoms in total. The summed E-state index contributed by atoms with van der Waals surface area (Å²) in [5.74, 6) is 0. The van der Waals surface area contributed by atoms with Gasteiger partial charge in [0.1, 0.15) is 0 Å². The van der Waals surface area contributed by atoms with Gasteiger partial charge in [-0.05, 0) is 18.2 Å². The zero-order valence-corrected chi connectivity index (χ0v) is 12.7. The van der Waals surface area contributed by atoms with E-state index in [0.29, 0.717) is 26.4 Å². The number of nitrogens with zero attached hydrogens (tertiary/aromatic N) is 2. The van der Waals surface area contributed by atoms with E-state index < -0.39 is 4.92 Å². The maximum Gasteiger partial charge on any atom is 0.270 e. The number of hydrogen-bond donors (Lipinski definition) is 1. The zero-order chi connectivity index (χ0) is 15.0. The van der Waals surface area contributed by atoms with Crippen LogP contribution in [0.1, 0.15) is 0 Å². The number of non-ortho nitro benzene ring substituents is 1. The predicted molar refractivity (Wildman–Crippen MR) is 86.0 cm³/mol. The third-order valence-electron chi connectivity index (χ3n) is 2.78.